The zero-order chi connectivity index (χ0) is 11.5. The van der Waals surface area contributed by atoms with Gasteiger partial charge in [0.1, 0.15) is 7.80 Å². The quantitative estimate of drug-likeness (QED) is 0.723. The van der Waals surface area contributed by atoms with E-state index in [0.29, 0.717) is 0 Å². The molecule has 2 heteroatoms. The maximum absolute atomic E-state index is 12.3. The average Bonchev–Trinajstić information content (AvgIpc) is 2.28. The van der Waals surface area contributed by atoms with Crippen molar-refractivity contribution in [1.29, 1.82) is 0 Å². The molecule has 0 N–H and O–H groups in total. The van der Waals surface area contributed by atoms with Crippen molar-refractivity contribution in [2.45, 2.75) is 13.8 Å². The van der Waals surface area contributed by atoms with Crippen molar-refractivity contribution in [2.75, 3.05) is 0 Å². The topological polar surface area (TPSA) is 17.1 Å². The van der Waals surface area contributed by atoms with Crippen molar-refractivity contribution in [2.24, 2.45) is 0 Å². The minimum atomic E-state index is -1.45. The molecule has 0 bridgehead atoms. The van der Waals surface area contributed by atoms with E-state index in [0.717, 1.165) is 21.7 Å². The molecule has 0 saturated heterocycles. The van der Waals surface area contributed by atoms with Gasteiger partial charge in [0.15, 0.2) is 0 Å². The maximum Gasteiger partial charge on any atom is 0.136 e. The predicted molar refractivity (Wildman–Crippen MR) is 69.2 cm³/mol. The molecule has 0 heterocycles. The Balaban J connectivity index is 2.39. The van der Waals surface area contributed by atoms with Gasteiger partial charge in [0.05, 0.1) is 0 Å². The average molecular weight is 229 g/mol. The van der Waals surface area contributed by atoms with Crippen LogP contribution >= 0.6 is 7.80 Å². The first-order valence-corrected chi connectivity index (χ1v) is 6.53. The lowest BCUT2D eigenvalue weighted by molar-refractivity contribution is 0.598. The molecule has 2 aromatic carbocycles. The van der Waals surface area contributed by atoms with Crippen molar-refractivity contribution in [3.8, 4) is 0 Å². The molecule has 0 atom stereocenters. The van der Waals surface area contributed by atoms with E-state index >= 15 is 0 Å². The van der Waals surface area contributed by atoms with Crippen LogP contribution in [0.3, 0.4) is 0 Å². The first kappa shape index (κ1) is 11.0. The van der Waals surface area contributed by atoms with Gasteiger partial charge in [-0.15, -0.1) is 0 Å². The summed E-state index contributed by atoms with van der Waals surface area (Å²) in [6, 6.07) is 15.8. The van der Waals surface area contributed by atoms with E-state index in [1.54, 1.807) is 0 Å². The molecule has 1 nitrogen and oxygen atoms in total. The fraction of sp³-hybridized carbons (Fsp3) is 0.143. The van der Waals surface area contributed by atoms with Gasteiger partial charge in [0.25, 0.3) is 0 Å². The van der Waals surface area contributed by atoms with Crippen molar-refractivity contribution < 1.29 is 4.57 Å². The molecular weight excluding hydrogens is 215 g/mol. The predicted octanol–water partition coefficient (Wildman–Crippen LogP) is 3.08. The molecule has 0 aromatic heterocycles. The molecule has 0 aliphatic rings. The summed E-state index contributed by atoms with van der Waals surface area (Å²) in [5, 5.41) is 1.81. The van der Waals surface area contributed by atoms with E-state index in [1.165, 1.54) is 0 Å². The number of hydrogen-bond donors (Lipinski definition) is 0. The monoisotopic (exact) mass is 229 g/mol. The Morgan fingerprint density at radius 3 is 1.62 bits per heavy atom. The van der Waals surface area contributed by atoms with Crippen LogP contribution < -0.4 is 10.6 Å². The first-order valence-electron chi connectivity index (χ1n) is 5.27. The molecule has 0 unspecified atom stereocenters. The molecule has 16 heavy (non-hydrogen) atoms. The second kappa shape index (κ2) is 4.59. The largest absolute Gasteiger partial charge is 0.277 e. The van der Waals surface area contributed by atoms with E-state index in [9.17, 15) is 4.57 Å². The zero-order valence-corrected chi connectivity index (χ0v) is 10.4. The van der Waals surface area contributed by atoms with Crippen LogP contribution in [0, 0.1) is 13.8 Å². The van der Waals surface area contributed by atoms with Gasteiger partial charge in [0, 0.05) is 10.6 Å². The zero-order valence-electron chi connectivity index (χ0n) is 9.47. The third kappa shape index (κ3) is 2.37. The third-order valence-electron chi connectivity index (χ3n) is 2.47. The molecule has 0 saturated carbocycles. The summed E-state index contributed by atoms with van der Waals surface area (Å²) < 4.78 is 12.3. The molecular formula is C14H14OP. The first-order chi connectivity index (χ1) is 7.66. The van der Waals surface area contributed by atoms with Crippen LogP contribution in [0.1, 0.15) is 11.1 Å². The van der Waals surface area contributed by atoms with Gasteiger partial charge in [-0.2, -0.15) is 0 Å². The Hall–Kier alpha value is -1.46. The van der Waals surface area contributed by atoms with E-state index < -0.39 is 7.80 Å². The van der Waals surface area contributed by atoms with Crippen LogP contribution in [0.25, 0.3) is 0 Å². The summed E-state index contributed by atoms with van der Waals surface area (Å²) in [7, 11) is -1.45. The fourth-order valence-corrected chi connectivity index (χ4v) is 3.04. The smallest absolute Gasteiger partial charge is 0.136 e. The highest BCUT2D eigenvalue weighted by Crippen LogP contribution is 2.20. The van der Waals surface area contributed by atoms with Gasteiger partial charge in [-0.3, -0.25) is 4.57 Å². The van der Waals surface area contributed by atoms with E-state index in [2.05, 4.69) is 0 Å². The maximum atomic E-state index is 12.3. The van der Waals surface area contributed by atoms with Gasteiger partial charge >= 0.3 is 0 Å². The lowest BCUT2D eigenvalue weighted by atomic mass is 10.2. The van der Waals surface area contributed by atoms with E-state index in [4.69, 9.17) is 0 Å². The lowest BCUT2D eigenvalue weighted by Crippen LogP contribution is -2.06. The van der Waals surface area contributed by atoms with Crippen molar-refractivity contribution >= 4 is 18.4 Å². The van der Waals surface area contributed by atoms with Gasteiger partial charge in [0.2, 0.25) is 0 Å². The minimum absolute atomic E-state index is 0.903. The van der Waals surface area contributed by atoms with Gasteiger partial charge in [-0.1, -0.05) is 35.4 Å². The molecule has 0 fully saturated rings. The summed E-state index contributed by atoms with van der Waals surface area (Å²) in [5.74, 6) is 0. The number of rotatable bonds is 2. The standard InChI is InChI=1S/C14H14OP/c1-11-5-3-7-13(9-11)16(15)14-8-4-6-12(2)10-14/h3-10H,1-2H3. The molecule has 0 aliphatic carbocycles. The summed E-state index contributed by atoms with van der Waals surface area (Å²) in [6.45, 7) is 4.03. The summed E-state index contributed by atoms with van der Waals surface area (Å²) in [5.41, 5.74) is 2.29. The van der Waals surface area contributed by atoms with Crippen LogP contribution in [0.5, 0.6) is 0 Å². The Labute approximate surface area is 96.9 Å². The highest BCUT2D eigenvalue weighted by molar-refractivity contribution is 7.61. The minimum Gasteiger partial charge on any atom is -0.277 e. The van der Waals surface area contributed by atoms with Gasteiger partial charge in [-0.05, 0) is 38.1 Å². The Morgan fingerprint density at radius 1 is 0.812 bits per heavy atom. The Kier molecular flexibility index (Phi) is 3.17. The van der Waals surface area contributed by atoms with E-state index in [-0.39, 0.29) is 0 Å². The second-order valence-electron chi connectivity index (χ2n) is 3.97. The van der Waals surface area contributed by atoms with Crippen molar-refractivity contribution in [1.82, 2.24) is 0 Å². The van der Waals surface area contributed by atoms with Crippen LogP contribution in [-0.2, 0) is 4.57 Å². The Morgan fingerprint density at radius 2 is 1.25 bits per heavy atom. The van der Waals surface area contributed by atoms with E-state index in [1.807, 2.05) is 62.4 Å². The van der Waals surface area contributed by atoms with Crippen molar-refractivity contribution in [3.05, 3.63) is 59.7 Å². The van der Waals surface area contributed by atoms with Crippen LogP contribution in [-0.4, -0.2) is 0 Å². The summed E-state index contributed by atoms with van der Waals surface area (Å²) in [4.78, 5) is 0. The molecule has 0 spiro atoms. The number of benzene rings is 2. The third-order valence-corrected chi connectivity index (χ3v) is 3.97. The van der Waals surface area contributed by atoms with Gasteiger partial charge in [-0.25, -0.2) is 0 Å². The number of aryl methyl sites for hydroxylation is 2. The molecule has 0 aliphatic heterocycles. The molecule has 0 amide bonds. The Bertz CT molecular complexity index is 484. The van der Waals surface area contributed by atoms with Gasteiger partial charge < -0.3 is 0 Å². The van der Waals surface area contributed by atoms with Crippen LogP contribution in [0.2, 0.25) is 0 Å². The number of hydrogen-bond acceptors (Lipinski definition) is 1. The highest BCUT2D eigenvalue weighted by atomic mass is 31.1. The molecule has 81 valence electrons. The normalized spacial score (nSPS) is 10.1. The molecule has 2 aromatic rings. The summed E-state index contributed by atoms with van der Waals surface area (Å²) >= 11 is 0. The molecule has 2 rings (SSSR count). The van der Waals surface area contributed by atoms with Crippen molar-refractivity contribution in [3.63, 3.8) is 0 Å². The molecule has 1 radical (unpaired) electrons. The van der Waals surface area contributed by atoms with Crippen LogP contribution in [0.15, 0.2) is 48.5 Å². The SMILES string of the molecule is Cc1cccc([P](=O)c2cccc(C)c2)c1. The summed E-state index contributed by atoms with van der Waals surface area (Å²) in [6.07, 6.45) is 0. The lowest BCUT2D eigenvalue weighted by Gasteiger charge is -2.03. The second-order valence-corrected chi connectivity index (χ2v) is 5.59. The fourth-order valence-electron chi connectivity index (χ4n) is 1.66. The highest BCUT2D eigenvalue weighted by Gasteiger charge is 2.07. The van der Waals surface area contributed by atoms with Crippen LogP contribution in [0.4, 0.5) is 0 Å².